The Morgan fingerprint density at radius 3 is 2.59 bits per heavy atom. The quantitative estimate of drug-likeness (QED) is 0.689. The van der Waals surface area contributed by atoms with E-state index in [9.17, 15) is 4.79 Å². The fraction of sp³-hybridized carbons (Fsp3) is 0.364. The van der Waals surface area contributed by atoms with Gasteiger partial charge in [0.25, 0.3) is 5.91 Å². The van der Waals surface area contributed by atoms with Gasteiger partial charge in [-0.05, 0) is 26.0 Å². The second kappa shape index (κ2) is 8.63. The summed E-state index contributed by atoms with van der Waals surface area (Å²) < 4.78 is 16.7. The second-order valence-corrected chi connectivity index (χ2v) is 7.15. The van der Waals surface area contributed by atoms with Crippen LogP contribution in [0.25, 0.3) is 11.3 Å². The number of hydrogen-bond acceptors (Lipinski definition) is 6. The summed E-state index contributed by atoms with van der Waals surface area (Å²) in [7, 11) is 0. The minimum atomic E-state index is -0.204. The minimum Gasteiger partial charge on any atom is -0.465 e. The minimum absolute atomic E-state index is 0.0584. The van der Waals surface area contributed by atoms with Crippen LogP contribution in [0.4, 0.5) is 0 Å². The molecule has 7 heteroatoms. The Morgan fingerprint density at radius 2 is 1.90 bits per heavy atom. The van der Waals surface area contributed by atoms with E-state index < -0.39 is 0 Å². The fourth-order valence-corrected chi connectivity index (χ4v) is 3.64. The molecule has 7 nitrogen and oxygen atoms in total. The average molecular weight is 395 g/mol. The first-order valence-electron chi connectivity index (χ1n) is 9.81. The number of furan rings is 1. The molecule has 1 fully saturated rings. The van der Waals surface area contributed by atoms with Crippen LogP contribution >= 0.6 is 0 Å². The largest absolute Gasteiger partial charge is 0.465 e. The third-order valence-electron chi connectivity index (χ3n) is 5.17. The van der Waals surface area contributed by atoms with Crippen molar-refractivity contribution in [3.8, 4) is 11.3 Å². The van der Waals surface area contributed by atoms with Crippen molar-refractivity contribution in [3.05, 3.63) is 65.3 Å². The Balaban J connectivity index is 1.54. The number of rotatable bonds is 6. The van der Waals surface area contributed by atoms with Crippen LogP contribution in [0.15, 0.2) is 51.4 Å². The number of ether oxygens (including phenoxy) is 1. The highest BCUT2D eigenvalue weighted by atomic mass is 16.5. The summed E-state index contributed by atoms with van der Waals surface area (Å²) in [5, 5.41) is 7.16. The number of amides is 1. The SMILES string of the molecule is Cc1ccc(C(CNC(=O)c2c(-c3ccccc3)noc2C)N2CCOCC2)o1. The van der Waals surface area contributed by atoms with Crippen LogP contribution in [-0.2, 0) is 4.74 Å². The van der Waals surface area contributed by atoms with Gasteiger partial charge in [0, 0.05) is 25.2 Å². The van der Waals surface area contributed by atoms with E-state index in [1.807, 2.05) is 49.4 Å². The first kappa shape index (κ1) is 19.4. The lowest BCUT2D eigenvalue weighted by Crippen LogP contribution is -2.43. The molecule has 0 aliphatic carbocycles. The van der Waals surface area contributed by atoms with Crippen molar-refractivity contribution in [3.63, 3.8) is 0 Å². The van der Waals surface area contributed by atoms with Gasteiger partial charge in [0.05, 0.1) is 19.3 Å². The third-order valence-corrected chi connectivity index (χ3v) is 5.17. The molecule has 1 aliphatic heterocycles. The van der Waals surface area contributed by atoms with E-state index in [1.165, 1.54) is 0 Å². The molecular formula is C22H25N3O4. The summed E-state index contributed by atoms with van der Waals surface area (Å²) in [5.41, 5.74) is 1.87. The molecular weight excluding hydrogens is 370 g/mol. The van der Waals surface area contributed by atoms with Crippen LogP contribution in [0.1, 0.15) is 33.7 Å². The number of benzene rings is 1. The van der Waals surface area contributed by atoms with Crippen molar-refractivity contribution in [1.82, 2.24) is 15.4 Å². The summed E-state index contributed by atoms with van der Waals surface area (Å²) in [6.45, 7) is 7.03. The normalized spacial score (nSPS) is 15.9. The molecule has 152 valence electrons. The van der Waals surface area contributed by atoms with Crippen molar-refractivity contribution in [2.45, 2.75) is 19.9 Å². The zero-order valence-corrected chi connectivity index (χ0v) is 16.7. The van der Waals surface area contributed by atoms with E-state index in [2.05, 4.69) is 15.4 Å². The van der Waals surface area contributed by atoms with Crippen LogP contribution < -0.4 is 5.32 Å². The predicted octanol–water partition coefficient (Wildman–Crippen LogP) is 3.35. The molecule has 4 rings (SSSR count). The topological polar surface area (TPSA) is 80.7 Å². The Morgan fingerprint density at radius 1 is 1.14 bits per heavy atom. The van der Waals surface area contributed by atoms with Gasteiger partial charge in [-0.15, -0.1) is 0 Å². The molecule has 2 aromatic heterocycles. The number of morpholine rings is 1. The van der Waals surface area contributed by atoms with Gasteiger partial charge >= 0.3 is 0 Å². The lowest BCUT2D eigenvalue weighted by Gasteiger charge is -2.33. The van der Waals surface area contributed by atoms with E-state index in [0.29, 0.717) is 36.8 Å². The maximum atomic E-state index is 13.1. The molecule has 1 amide bonds. The number of nitrogens with one attached hydrogen (secondary N) is 1. The smallest absolute Gasteiger partial charge is 0.257 e. The molecule has 0 radical (unpaired) electrons. The average Bonchev–Trinajstić information content (AvgIpc) is 3.35. The van der Waals surface area contributed by atoms with Crippen molar-refractivity contribution in [2.24, 2.45) is 0 Å². The zero-order valence-electron chi connectivity index (χ0n) is 16.7. The molecule has 3 heterocycles. The van der Waals surface area contributed by atoms with Crippen molar-refractivity contribution < 1.29 is 18.5 Å². The number of aryl methyl sites for hydroxylation is 2. The molecule has 1 saturated heterocycles. The Kier molecular flexibility index (Phi) is 5.78. The van der Waals surface area contributed by atoms with Crippen LogP contribution in [0, 0.1) is 13.8 Å². The van der Waals surface area contributed by atoms with E-state index in [1.54, 1.807) is 6.92 Å². The lowest BCUT2D eigenvalue weighted by molar-refractivity contribution is 0.0117. The fourth-order valence-electron chi connectivity index (χ4n) is 3.64. The molecule has 1 unspecified atom stereocenters. The Hall–Kier alpha value is -2.90. The van der Waals surface area contributed by atoms with Crippen LogP contribution in [0.3, 0.4) is 0 Å². The maximum absolute atomic E-state index is 13.1. The number of nitrogens with zero attached hydrogens (tertiary/aromatic N) is 2. The molecule has 0 bridgehead atoms. The van der Waals surface area contributed by atoms with Crippen molar-refractivity contribution in [1.29, 1.82) is 0 Å². The van der Waals surface area contributed by atoms with Gasteiger partial charge in [-0.1, -0.05) is 35.5 Å². The lowest BCUT2D eigenvalue weighted by atomic mass is 10.1. The number of carbonyl (C=O) groups excluding carboxylic acids is 1. The van der Waals surface area contributed by atoms with E-state index in [-0.39, 0.29) is 11.9 Å². The highest BCUT2D eigenvalue weighted by Crippen LogP contribution is 2.26. The predicted molar refractivity (Wildman–Crippen MR) is 108 cm³/mol. The highest BCUT2D eigenvalue weighted by molar-refractivity contribution is 6.00. The van der Waals surface area contributed by atoms with E-state index >= 15 is 0 Å². The molecule has 1 aromatic carbocycles. The second-order valence-electron chi connectivity index (χ2n) is 7.15. The number of aromatic nitrogens is 1. The highest BCUT2D eigenvalue weighted by Gasteiger charge is 2.27. The standard InChI is InChI=1S/C22H25N3O4/c1-15-8-9-19(28-15)18(25-10-12-27-13-11-25)14-23-22(26)20-16(2)29-24-21(20)17-6-4-3-5-7-17/h3-9,18H,10-14H2,1-2H3,(H,23,26). The molecule has 29 heavy (non-hydrogen) atoms. The molecule has 1 atom stereocenters. The number of hydrogen-bond donors (Lipinski definition) is 1. The summed E-state index contributed by atoms with van der Waals surface area (Å²) in [6, 6.07) is 13.4. The molecule has 0 saturated carbocycles. The van der Waals surface area contributed by atoms with Gasteiger partial charge in [-0.2, -0.15) is 0 Å². The first-order chi connectivity index (χ1) is 14.1. The maximum Gasteiger partial charge on any atom is 0.257 e. The van der Waals surface area contributed by atoms with Gasteiger partial charge in [-0.25, -0.2) is 0 Å². The van der Waals surface area contributed by atoms with Crippen molar-refractivity contribution in [2.75, 3.05) is 32.8 Å². The van der Waals surface area contributed by atoms with Crippen LogP contribution in [0.2, 0.25) is 0 Å². The number of carbonyl (C=O) groups is 1. The van der Waals surface area contributed by atoms with Gasteiger partial charge in [0.2, 0.25) is 0 Å². The summed E-state index contributed by atoms with van der Waals surface area (Å²) in [5.74, 6) is 1.99. The molecule has 0 spiro atoms. The summed E-state index contributed by atoms with van der Waals surface area (Å²) in [4.78, 5) is 15.3. The summed E-state index contributed by atoms with van der Waals surface area (Å²) in [6.07, 6.45) is 0. The van der Waals surface area contributed by atoms with E-state index in [4.69, 9.17) is 13.7 Å². The Bertz CT molecular complexity index is 958. The van der Waals surface area contributed by atoms with Gasteiger partial charge in [-0.3, -0.25) is 9.69 Å². The first-order valence-corrected chi connectivity index (χ1v) is 9.81. The Labute approximate surface area is 169 Å². The third kappa shape index (κ3) is 4.26. The van der Waals surface area contributed by atoms with Crippen molar-refractivity contribution >= 4 is 5.91 Å². The summed E-state index contributed by atoms with van der Waals surface area (Å²) >= 11 is 0. The van der Waals surface area contributed by atoms with Gasteiger partial charge in [0.1, 0.15) is 28.5 Å². The van der Waals surface area contributed by atoms with Crippen LogP contribution in [0.5, 0.6) is 0 Å². The molecule has 1 N–H and O–H groups in total. The zero-order chi connectivity index (χ0) is 20.2. The van der Waals surface area contributed by atoms with E-state index in [0.717, 1.165) is 30.2 Å². The van der Waals surface area contributed by atoms with Gasteiger partial charge in [0.15, 0.2) is 0 Å². The van der Waals surface area contributed by atoms with Gasteiger partial charge < -0.3 is 19.0 Å². The molecule has 3 aromatic rings. The molecule has 1 aliphatic rings. The van der Waals surface area contributed by atoms with Crippen LogP contribution in [-0.4, -0.2) is 48.8 Å². The monoisotopic (exact) mass is 395 g/mol.